The van der Waals surface area contributed by atoms with Crippen LogP contribution in [-0.2, 0) is 0 Å². The van der Waals surface area contributed by atoms with Gasteiger partial charge in [0.15, 0.2) is 0 Å². The van der Waals surface area contributed by atoms with E-state index < -0.39 is 28.6 Å². The largest absolute Gasteiger partial charge is 0.478 e. The normalized spacial score (nSPS) is 19.0. The van der Waals surface area contributed by atoms with Crippen molar-refractivity contribution in [2.75, 3.05) is 6.54 Å². The molecule has 3 rings (SSSR count). The molecule has 26 heavy (non-hydrogen) atoms. The maximum atomic E-state index is 13.9. The second-order valence-electron chi connectivity index (χ2n) is 5.89. The lowest BCUT2D eigenvalue weighted by Gasteiger charge is -2.14. The molecular weight excluding hydrogens is 370 g/mol. The van der Waals surface area contributed by atoms with Crippen LogP contribution in [0.25, 0.3) is 0 Å². The summed E-state index contributed by atoms with van der Waals surface area (Å²) < 4.78 is 27.3. The molecule has 0 spiro atoms. The summed E-state index contributed by atoms with van der Waals surface area (Å²) in [5.74, 6) is -2.68. The Bertz CT molecular complexity index is 863. The summed E-state index contributed by atoms with van der Waals surface area (Å²) in [4.78, 5) is 21.8. The summed E-state index contributed by atoms with van der Waals surface area (Å²) in [5.41, 5.74) is 0.233. The third-order valence-electron chi connectivity index (χ3n) is 4.38. The topological polar surface area (TPSA) is 92.5 Å². The van der Waals surface area contributed by atoms with Gasteiger partial charge in [0.05, 0.1) is 10.5 Å². The van der Waals surface area contributed by atoms with Gasteiger partial charge >= 0.3 is 5.97 Å². The van der Waals surface area contributed by atoms with Gasteiger partial charge in [-0.25, -0.2) is 13.6 Å². The van der Waals surface area contributed by atoms with Gasteiger partial charge in [0.1, 0.15) is 11.6 Å². The minimum absolute atomic E-state index is 0. The Morgan fingerprint density at radius 2 is 1.92 bits per heavy atom. The second-order valence-corrected chi connectivity index (χ2v) is 5.89. The minimum Gasteiger partial charge on any atom is -0.478 e. The fourth-order valence-corrected chi connectivity index (χ4v) is 3.19. The number of nitro benzene ring substituents is 1. The van der Waals surface area contributed by atoms with Crippen LogP contribution in [0.5, 0.6) is 0 Å². The molecule has 0 saturated carbocycles. The van der Waals surface area contributed by atoms with Crippen molar-refractivity contribution in [3.63, 3.8) is 0 Å². The van der Waals surface area contributed by atoms with Gasteiger partial charge in [-0.1, -0.05) is 0 Å². The third-order valence-corrected chi connectivity index (χ3v) is 4.38. The number of nitro groups is 1. The average molecular weight is 385 g/mol. The first-order chi connectivity index (χ1) is 11.9. The zero-order chi connectivity index (χ0) is 18.1. The van der Waals surface area contributed by atoms with Crippen LogP contribution in [0.3, 0.4) is 0 Å². The van der Waals surface area contributed by atoms with Gasteiger partial charge in [-0.05, 0) is 42.2 Å². The van der Waals surface area contributed by atoms with Gasteiger partial charge in [-0.2, -0.15) is 0 Å². The van der Waals surface area contributed by atoms with Crippen molar-refractivity contribution < 1.29 is 23.6 Å². The van der Waals surface area contributed by atoms with E-state index in [1.54, 1.807) is 0 Å². The number of carbonyl (C=O) groups is 1. The molecule has 0 unspecified atom stereocenters. The van der Waals surface area contributed by atoms with Crippen LogP contribution in [0, 0.1) is 21.7 Å². The Kier molecular flexibility index (Phi) is 5.89. The van der Waals surface area contributed by atoms with E-state index in [0.29, 0.717) is 18.5 Å². The first kappa shape index (κ1) is 19.7. The van der Waals surface area contributed by atoms with E-state index in [4.69, 9.17) is 0 Å². The standard InChI is InChI=1S/C17H14F2N2O4.ClH/c18-10-1-4-15(19)14(6-10)16-5-9(8-20-16)13-7-11(21(24)25)2-3-12(13)17(22)23;/h1-4,6-7,9,16,20H,5,8H2,(H,22,23);1H/t9-,16-;/m1./s1. The molecule has 9 heteroatoms. The van der Waals surface area contributed by atoms with Gasteiger partial charge in [-0.15, -0.1) is 12.4 Å². The van der Waals surface area contributed by atoms with E-state index in [9.17, 15) is 28.8 Å². The number of benzene rings is 2. The average Bonchev–Trinajstić information content (AvgIpc) is 3.06. The van der Waals surface area contributed by atoms with Crippen molar-refractivity contribution in [2.45, 2.75) is 18.4 Å². The van der Waals surface area contributed by atoms with E-state index in [2.05, 4.69) is 5.32 Å². The number of rotatable bonds is 4. The molecule has 0 amide bonds. The number of carboxylic acids is 1. The Morgan fingerprint density at radius 1 is 1.19 bits per heavy atom. The van der Waals surface area contributed by atoms with Crippen molar-refractivity contribution in [3.05, 3.63) is 74.8 Å². The van der Waals surface area contributed by atoms with Crippen LogP contribution in [0.15, 0.2) is 36.4 Å². The number of aromatic carboxylic acids is 1. The molecule has 0 aromatic heterocycles. The van der Waals surface area contributed by atoms with Crippen molar-refractivity contribution >= 4 is 24.1 Å². The highest BCUT2D eigenvalue weighted by Crippen LogP contribution is 2.37. The highest BCUT2D eigenvalue weighted by molar-refractivity contribution is 5.90. The Balaban J connectivity index is 0.00000243. The molecule has 2 aromatic rings. The number of nitrogens with one attached hydrogen (secondary N) is 1. The van der Waals surface area contributed by atoms with Crippen molar-refractivity contribution in [1.82, 2.24) is 5.32 Å². The number of nitrogens with zero attached hydrogens (tertiary/aromatic N) is 1. The molecule has 2 N–H and O–H groups in total. The molecule has 2 atom stereocenters. The van der Waals surface area contributed by atoms with Crippen LogP contribution >= 0.6 is 12.4 Å². The molecule has 0 bridgehead atoms. The molecule has 0 aliphatic carbocycles. The van der Waals surface area contributed by atoms with Gasteiger partial charge < -0.3 is 10.4 Å². The molecule has 6 nitrogen and oxygen atoms in total. The Morgan fingerprint density at radius 3 is 2.58 bits per heavy atom. The molecule has 1 aliphatic heterocycles. The summed E-state index contributed by atoms with van der Waals surface area (Å²) in [6.45, 7) is 0.308. The summed E-state index contributed by atoms with van der Waals surface area (Å²) in [5, 5.41) is 23.3. The predicted molar refractivity (Wildman–Crippen MR) is 91.8 cm³/mol. The molecule has 1 heterocycles. The van der Waals surface area contributed by atoms with E-state index >= 15 is 0 Å². The first-order valence-electron chi connectivity index (χ1n) is 7.56. The predicted octanol–water partition coefficient (Wildman–Crippen LogP) is 3.81. The quantitative estimate of drug-likeness (QED) is 0.617. The molecule has 1 fully saturated rings. The van der Waals surface area contributed by atoms with Crippen molar-refractivity contribution in [2.24, 2.45) is 0 Å². The summed E-state index contributed by atoms with van der Waals surface area (Å²) in [6, 6.07) is 6.23. The van der Waals surface area contributed by atoms with Gasteiger partial charge in [0.2, 0.25) is 0 Å². The molecular formula is C17H15ClF2N2O4. The number of non-ortho nitro benzene ring substituents is 1. The highest BCUT2D eigenvalue weighted by atomic mass is 35.5. The highest BCUT2D eigenvalue weighted by Gasteiger charge is 2.31. The fraction of sp³-hybridized carbons (Fsp3) is 0.235. The van der Waals surface area contributed by atoms with Crippen LogP contribution in [-0.4, -0.2) is 22.5 Å². The fourth-order valence-electron chi connectivity index (χ4n) is 3.19. The lowest BCUT2D eigenvalue weighted by atomic mass is 9.90. The van der Waals surface area contributed by atoms with Crippen LogP contribution < -0.4 is 5.32 Å². The molecule has 0 radical (unpaired) electrons. The Labute approximate surface area is 153 Å². The monoisotopic (exact) mass is 384 g/mol. The van der Waals surface area contributed by atoms with E-state index in [1.165, 1.54) is 12.1 Å². The third kappa shape index (κ3) is 3.81. The number of hydrogen-bond acceptors (Lipinski definition) is 4. The zero-order valence-corrected chi connectivity index (χ0v) is 14.1. The van der Waals surface area contributed by atoms with Crippen molar-refractivity contribution in [1.29, 1.82) is 0 Å². The second kappa shape index (κ2) is 7.76. The van der Waals surface area contributed by atoms with Crippen molar-refractivity contribution in [3.8, 4) is 0 Å². The molecule has 2 aromatic carbocycles. The SMILES string of the molecule is Cl.O=C(O)c1ccc([N+](=O)[O-])cc1[C@H]1CN[C@@H](c2cc(F)ccc2F)C1. The maximum absolute atomic E-state index is 13.9. The Hall–Kier alpha value is -2.58. The lowest BCUT2D eigenvalue weighted by molar-refractivity contribution is -0.384. The lowest BCUT2D eigenvalue weighted by Crippen LogP contribution is -2.15. The molecule has 138 valence electrons. The molecule has 1 aliphatic rings. The first-order valence-corrected chi connectivity index (χ1v) is 7.56. The van der Waals surface area contributed by atoms with Gasteiger partial charge in [0.25, 0.3) is 5.69 Å². The summed E-state index contributed by atoms with van der Waals surface area (Å²) >= 11 is 0. The smallest absolute Gasteiger partial charge is 0.335 e. The maximum Gasteiger partial charge on any atom is 0.335 e. The summed E-state index contributed by atoms with van der Waals surface area (Å²) in [7, 11) is 0. The van der Waals surface area contributed by atoms with Crippen LogP contribution in [0.4, 0.5) is 14.5 Å². The van der Waals surface area contributed by atoms with Crippen LogP contribution in [0.2, 0.25) is 0 Å². The van der Waals surface area contributed by atoms with E-state index in [1.807, 2.05) is 0 Å². The minimum atomic E-state index is -1.19. The van der Waals surface area contributed by atoms with Gasteiger partial charge in [0, 0.05) is 30.3 Å². The number of hydrogen-bond donors (Lipinski definition) is 2. The van der Waals surface area contributed by atoms with Crippen LogP contribution in [0.1, 0.15) is 39.9 Å². The number of halogens is 3. The van der Waals surface area contributed by atoms with E-state index in [0.717, 1.165) is 24.3 Å². The molecule has 1 saturated heterocycles. The number of carboxylic acid groups (broad SMARTS) is 1. The van der Waals surface area contributed by atoms with E-state index in [-0.39, 0.29) is 35.1 Å². The van der Waals surface area contributed by atoms with Gasteiger partial charge in [-0.3, -0.25) is 10.1 Å². The summed E-state index contributed by atoms with van der Waals surface area (Å²) in [6.07, 6.45) is 0.307. The zero-order valence-electron chi connectivity index (χ0n) is 13.3.